The van der Waals surface area contributed by atoms with Crippen LogP contribution < -0.4 is 0 Å². The van der Waals surface area contributed by atoms with Gasteiger partial charge in [0.2, 0.25) is 0 Å². The third-order valence-electron chi connectivity index (χ3n) is 2.03. The molecule has 0 heterocycles. The van der Waals surface area contributed by atoms with Crippen LogP contribution >= 0.6 is 0 Å². The van der Waals surface area contributed by atoms with E-state index in [1.54, 1.807) is 0 Å². The third kappa shape index (κ3) is 6.38. The SMILES string of the molecule is CCC/C=C\CC(CCC)C(=O)O. The number of rotatable bonds is 7. The molecule has 2 heteroatoms. The number of aliphatic carboxylic acids is 1. The van der Waals surface area contributed by atoms with Gasteiger partial charge in [0.05, 0.1) is 5.92 Å². The van der Waals surface area contributed by atoms with Crippen molar-refractivity contribution in [2.45, 2.75) is 46.0 Å². The van der Waals surface area contributed by atoms with Gasteiger partial charge in [-0.05, 0) is 19.3 Å². The van der Waals surface area contributed by atoms with Gasteiger partial charge < -0.3 is 5.11 Å². The molecule has 76 valence electrons. The average Bonchev–Trinajstić information content (AvgIpc) is 2.10. The van der Waals surface area contributed by atoms with Crippen LogP contribution in [0.25, 0.3) is 0 Å². The summed E-state index contributed by atoms with van der Waals surface area (Å²) in [6.07, 6.45) is 8.66. The van der Waals surface area contributed by atoms with Crippen molar-refractivity contribution >= 4 is 5.97 Å². The summed E-state index contributed by atoms with van der Waals surface area (Å²) in [5.41, 5.74) is 0. The first-order chi connectivity index (χ1) is 6.22. The highest BCUT2D eigenvalue weighted by atomic mass is 16.4. The molecule has 1 atom stereocenters. The average molecular weight is 184 g/mol. The molecule has 0 radical (unpaired) electrons. The second-order valence-corrected chi connectivity index (χ2v) is 3.32. The van der Waals surface area contributed by atoms with E-state index in [4.69, 9.17) is 5.11 Å². The molecule has 0 aromatic carbocycles. The molecule has 0 rings (SSSR count). The van der Waals surface area contributed by atoms with E-state index in [2.05, 4.69) is 13.0 Å². The van der Waals surface area contributed by atoms with Crippen LogP contribution in [0.2, 0.25) is 0 Å². The molecule has 0 saturated carbocycles. The first kappa shape index (κ1) is 12.2. The van der Waals surface area contributed by atoms with Gasteiger partial charge in [-0.25, -0.2) is 0 Å². The summed E-state index contributed by atoms with van der Waals surface area (Å²) in [6, 6.07) is 0. The van der Waals surface area contributed by atoms with Crippen LogP contribution in [0.1, 0.15) is 46.0 Å². The zero-order valence-corrected chi connectivity index (χ0v) is 8.62. The summed E-state index contributed by atoms with van der Waals surface area (Å²) >= 11 is 0. The fourth-order valence-electron chi connectivity index (χ4n) is 1.24. The molecular weight excluding hydrogens is 164 g/mol. The Bertz CT molecular complexity index is 161. The molecule has 0 aliphatic carbocycles. The lowest BCUT2D eigenvalue weighted by molar-refractivity contribution is -0.141. The second-order valence-electron chi connectivity index (χ2n) is 3.32. The van der Waals surface area contributed by atoms with Gasteiger partial charge in [0.15, 0.2) is 0 Å². The number of hydrogen-bond donors (Lipinski definition) is 1. The first-order valence-corrected chi connectivity index (χ1v) is 5.10. The van der Waals surface area contributed by atoms with Crippen LogP contribution in [0, 0.1) is 5.92 Å². The molecule has 0 saturated heterocycles. The second kappa shape index (κ2) is 7.84. The molecule has 0 fully saturated rings. The van der Waals surface area contributed by atoms with Crippen LogP contribution in [0.15, 0.2) is 12.2 Å². The van der Waals surface area contributed by atoms with E-state index < -0.39 is 5.97 Å². The van der Waals surface area contributed by atoms with Crippen molar-refractivity contribution in [3.05, 3.63) is 12.2 Å². The minimum atomic E-state index is -0.664. The summed E-state index contributed by atoms with van der Waals surface area (Å²) in [7, 11) is 0. The number of hydrogen-bond acceptors (Lipinski definition) is 1. The van der Waals surface area contributed by atoms with E-state index in [0.29, 0.717) is 6.42 Å². The predicted molar refractivity (Wildman–Crippen MR) is 54.7 cm³/mol. The van der Waals surface area contributed by atoms with Crippen LogP contribution in [0.4, 0.5) is 0 Å². The molecule has 0 aliphatic heterocycles. The van der Waals surface area contributed by atoms with E-state index in [1.165, 1.54) is 0 Å². The monoisotopic (exact) mass is 184 g/mol. The summed E-state index contributed by atoms with van der Waals surface area (Å²) in [4.78, 5) is 10.7. The molecule has 0 aliphatic rings. The summed E-state index contributed by atoms with van der Waals surface area (Å²) in [5, 5.41) is 8.83. The van der Waals surface area contributed by atoms with Crippen molar-refractivity contribution in [3.8, 4) is 0 Å². The Morgan fingerprint density at radius 2 is 2.00 bits per heavy atom. The molecule has 0 aromatic rings. The minimum absolute atomic E-state index is 0.182. The van der Waals surface area contributed by atoms with Crippen molar-refractivity contribution in [2.75, 3.05) is 0 Å². The molecule has 2 nitrogen and oxygen atoms in total. The first-order valence-electron chi connectivity index (χ1n) is 5.10. The topological polar surface area (TPSA) is 37.3 Å². The Kier molecular flexibility index (Phi) is 7.36. The van der Waals surface area contributed by atoms with E-state index in [1.807, 2.05) is 13.0 Å². The number of carboxylic acid groups (broad SMARTS) is 1. The predicted octanol–water partition coefficient (Wildman–Crippen LogP) is 3.23. The molecular formula is C11H20O2. The Hall–Kier alpha value is -0.790. The van der Waals surface area contributed by atoms with Crippen molar-refractivity contribution in [1.29, 1.82) is 0 Å². The fraction of sp³-hybridized carbons (Fsp3) is 0.727. The summed E-state index contributed by atoms with van der Waals surface area (Å²) in [5.74, 6) is -0.846. The fourth-order valence-corrected chi connectivity index (χ4v) is 1.24. The van der Waals surface area contributed by atoms with Gasteiger partial charge in [-0.3, -0.25) is 4.79 Å². The molecule has 0 amide bonds. The van der Waals surface area contributed by atoms with E-state index in [0.717, 1.165) is 25.7 Å². The maximum Gasteiger partial charge on any atom is 0.306 e. The lowest BCUT2D eigenvalue weighted by Crippen LogP contribution is -2.12. The van der Waals surface area contributed by atoms with Gasteiger partial charge in [-0.2, -0.15) is 0 Å². The number of unbranched alkanes of at least 4 members (excludes halogenated alkanes) is 1. The number of carbonyl (C=O) groups is 1. The molecule has 13 heavy (non-hydrogen) atoms. The van der Waals surface area contributed by atoms with E-state index in [-0.39, 0.29) is 5.92 Å². The highest BCUT2D eigenvalue weighted by molar-refractivity contribution is 5.70. The van der Waals surface area contributed by atoms with Gasteiger partial charge in [0.1, 0.15) is 0 Å². The third-order valence-corrected chi connectivity index (χ3v) is 2.03. The Labute approximate surface area is 80.7 Å². The minimum Gasteiger partial charge on any atom is -0.481 e. The lowest BCUT2D eigenvalue weighted by Gasteiger charge is -2.06. The van der Waals surface area contributed by atoms with Crippen molar-refractivity contribution in [2.24, 2.45) is 5.92 Å². The maximum absolute atomic E-state index is 10.7. The summed E-state index contributed by atoms with van der Waals surface area (Å²) in [6.45, 7) is 4.14. The zero-order valence-electron chi connectivity index (χ0n) is 8.62. The lowest BCUT2D eigenvalue weighted by atomic mass is 10.00. The molecule has 1 unspecified atom stereocenters. The van der Waals surface area contributed by atoms with Crippen molar-refractivity contribution in [3.63, 3.8) is 0 Å². The van der Waals surface area contributed by atoms with E-state index >= 15 is 0 Å². The van der Waals surface area contributed by atoms with Crippen molar-refractivity contribution < 1.29 is 9.90 Å². The molecule has 0 bridgehead atoms. The Morgan fingerprint density at radius 1 is 1.31 bits per heavy atom. The molecule has 0 aromatic heterocycles. The van der Waals surface area contributed by atoms with Crippen LogP contribution in [-0.4, -0.2) is 11.1 Å². The van der Waals surface area contributed by atoms with Gasteiger partial charge in [0, 0.05) is 0 Å². The Morgan fingerprint density at radius 3 is 2.46 bits per heavy atom. The number of allylic oxidation sites excluding steroid dienone is 2. The highest BCUT2D eigenvalue weighted by Crippen LogP contribution is 2.12. The molecule has 0 spiro atoms. The van der Waals surface area contributed by atoms with Crippen LogP contribution in [0.3, 0.4) is 0 Å². The summed E-state index contributed by atoms with van der Waals surface area (Å²) < 4.78 is 0. The zero-order chi connectivity index (χ0) is 10.1. The largest absolute Gasteiger partial charge is 0.481 e. The van der Waals surface area contributed by atoms with Gasteiger partial charge in [-0.15, -0.1) is 0 Å². The highest BCUT2D eigenvalue weighted by Gasteiger charge is 2.13. The van der Waals surface area contributed by atoms with Gasteiger partial charge >= 0.3 is 5.97 Å². The van der Waals surface area contributed by atoms with Crippen LogP contribution in [0.5, 0.6) is 0 Å². The number of carboxylic acids is 1. The van der Waals surface area contributed by atoms with Gasteiger partial charge in [-0.1, -0.05) is 38.8 Å². The smallest absolute Gasteiger partial charge is 0.306 e. The van der Waals surface area contributed by atoms with E-state index in [9.17, 15) is 4.79 Å². The maximum atomic E-state index is 10.7. The van der Waals surface area contributed by atoms with Crippen molar-refractivity contribution in [1.82, 2.24) is 0 Å². The quantitative estimate of drug-likeness (QED) is 0.617. The van der Waals surface area contributed by atoms with Crippen LogP contribution in [-0.2, 0) is 4.79 Å². The standard InChI is InChI=1S/C11H20O2/c1-3-5-6-7-9-10(8-4-2)11(12)13/h6-7,10H,3-5,8-9H2,1-2H3,(H,12,13)/b7-6-. The van der Waals surface area contributed by atoms with Gasteiger partial charge in [0.25, 0.3) is 0 Å². The Balaban J connectivity index is 3.75. The normalized spacial score (nSPS) is 13.4. The molecule has 1 N–H and O–H groups in total.